The molecule has 3 aromatic carbocycles. The largest absolute Gasteiger partial charge is 0.493 e. The molecule has 35 heavy (non-hydrogen) atoms. The van der Waals surface area contributed by atoms with Gasteiger partial charge in [-0.3, -0.25) is 9.69 Å². The summed E-state index contributed by atoms with van der Waals surface area (Å²) in [5, 5.41) is 2.67. The van der Waals surface area contributed by atoms with E-state index in [1.54, 1.807) is 18.2 Å². The lowest BCUT2D eigenvalue weighted by molar-refractivity contribution is 0.0375. The number of nitrogens with one attached hydrogen (secondary N) is 1. The molecule has 1 unspecified atom stereocenters. The summed E-state index contributed by atoms with van der Waals surface area (Å²) < 4.78 is 34.8. The topological polar surface area (TPSA) is 41.6 Å². The summed E-state index contributed by atoms with van der Waals surface area (Å²) in [5.41, 5.74) is 3.05. The molecular weight excluding hydrogens is 446 g/mol. The van der Waals surface area contributed by atoms with Gasteiger partial charge in [-0.15, -0.1) is 0 Å². The molecule has 1 amide bonds. The van der Waals surface area contributed by atoms with Crippen molar-refractivity contribution >= 4 is 5.91 Å². The van der Waals surface area contributed by atoms with Gasteiger partial charge >= 0.3 is 0 Å². The molecule has 1 saturated heterocycles. The molecule has 1 aliphatic carbocycles. The molecule has 2 aliphatic rings. The fourth-order valence-electron chi connectivity index (χ4n) is 4.90. The minimum Gasteiger partial charge on any atom is -0.493 e. The molecule has 2 fully saturated rings. The van der Waals surface area contributed by atoms with Gasteiger partial charge in [-0.2, -0.15) is 0 Å². The summed E-state index contributed by atoms with van der Waals surface area (Å²) in [6.07, 6.45) is 2.06. The summed E-state index contributed by atoms with van der Waals surface area (Å²) >= 11 is 0. The molecule has 0 radical (unpaired) electrons. The second kappa shape index (κ2) is 10.2. The van der Waals surface area contributed by atoms with E-state index in [9.17, 15) is 13.6 Å². The van der Waals surface area contributed by atoms with E-state index in [4.69, 9.17) is 4.74 Å². The van der Waals surface area contributed by atoms with Crippen LogP contribution < -0.4 is 10.1 Å². The van der Waals surface area contributed by atoms with Gasteiger partial charge in [0, 0.05) is 31.6 Å². The summed E-state index contributed by atoms with van der Waals surface area (Å²) in [6, 6.07) is 19.9. The predicted octanol–water partition coefficient (Wildman–Crippen LogP) is 5.69. The first-order valence-electron chi connectivity index (χ1n) is 12.3. The zero-order valence-electron chi connectivity index (χ0n) is 19.8. The van der Waals surface area contributed by atoms with Crippen molar-refractivity contribution in [3.8, 4) is 5.75 Å². The van der Waals surface area contributed by atoms with Crippen molar-refractivity contribution in [2.24, 2.45) is 5.92 Å². The second-order valence-electron chi connectivity index (χ2n) is 9.50. The Balaban J connectivity index is 1.27. The molecule has 1 atom stereocenters. The van der Waals surface area contributed by atoms with Crippen molar-refractivity contribution in [3.05, 3.63) is 101 Å². The number of benzene rings is 3. The van der Waals surface area contributed by atoms with Gasteiger partial charge < -0.3 is 10.1 Å². The molecule has 0 spiro atoms. The summed E-state index contributed by atoms with van der Waals surface area (Å²) in [6.45, 7) is 4.34. The molecule has 182 valence electrons. The Morgan fingerprint density at radius 2 is 1.77 bits per heavy atom. The average Bonchev–Trinajstić information content (AvgIpc) is 3.66. The van der Waals surface area contributed by atoms with Crippen LogP contribution in [0.5, 0.6) is 5.75 Å². The fourth-order valence-corrected chi connectivity index (χ4v) is 4.90. The second-order valence-corrected chi connectivity index (χ2v) is 9.50. The number of rotatable bonds is 9. The van der Waals surface area contributed by atoms with Gasteiger partial charge in [0.1, 0.15) is 17.4 Å². The Morgan fingerprint density at radius 1 is 1.03 bits per heavy atom. The molecule has 0 bridgehead atoms. The van der Waals surface area contributed by atoms with Crippen molar-refractivity contribution in [1.29, 1.82) is 0 Å². The number of carbonyl (C=O) groups excluding carboxylic acids is 1. The third-order valence-corrected chi connectivity index (χ3v) is 6.80. The summed E-state index contributed by atoms with van der Waals surface area (Å²) in [7, 11) is 0. The van der Waals surface area contributed by atoms with Gasteiger partial charge in [-0.05, 0) is 60.6 Å². The van der Waals surface area contributed by atoms with E-state index in [0.717, 1.165) is 42.6 Å². The first-order valence-corrected chi connectivity index (χ1v) is 12.3. The molecule has 6 heteroatoms. The summed E-state index contributed by atoms with van der Waals surface area (Å²) in [4.78, 5) is 14.5. The highest BCUT2D eigenvalue weighted by atomic mass is 19.1. The lowest BCUT2D eigenvalue weighted by Gasteiger charge is -2.44. The van der Waals surface area contributed by atoms with Crippen LogP contribution in [-0.2, 0) is 0 Å². The smallest absolute Gasteiger partial charge is 0.254 e. The van der Waals surface area contributed by atoms with Crippen molar-refractivity contribution in [2.45, 2.75) is 31.7 Å². The van der Waals surface area contributed by atoms with Gasteiger partial charge in [0.05, 0.1) is 18.2 Å². The highest BCUT2D eigenvalue weighted by Gasteiger charge is 2.35. The fraction of sp³-hybridized carbons (Fsp3) is 0.345. The van der Waals surface area contributed by atoms with Crippen molar-refractivity contribution in [2.75, 3.05) is 26.2 Å². The number of ether oxygens (including phenoxy) is 1. The molecule has 5 rings (SSSR count). The van der Waals surface area contributed by atoms with Crippen LogP contribution in [0.4, 0.5) is 8.78 Å². The van der Waals surface area contributed by atoms with Gasteiger partial charge in [0.2, 0.25) is 0 Å². The van der Waals surface area contributed by atoms with Gasteiger partial charge in [0.25, 0.3) is 5.91 Å². The normalized spacial score (nSPS) is 17.0. The van der Waals surface area contributed by atoms with Crippen LogP contribution in [-0.4, -0.2) is 37.0 Å². The zero-order chi connectivity index (χ0) is 24.4. The Hall–Kier alpha value is -3.25. The van der Waals surface area contributed by atoms with Crippen LogP contribution in [0.1, 0.15) is 58.8 Å². The van der Waals surface area contributed by atoms with Gasteiger partial charge in [0.15, 0.2) is 0 Å². The van der Waals surface area contributed by atoms with Crippen LogP contribution in [0.25, 0.3) is 0 Å². The SMILES string of the molecule is CCNC(=O)c1cc(C2CC2)c(OCC2CN(C(c3ccccc3)c3cccc(F)c3)C2)cc1F. The van der Waals surface area contributed by atoms with E-state index in [0.29, 0.717) is 24.8 Å². The number of halogens is 2. The lowest BCUT2D eigenvalue weighted by atomic mass is 9.90. The van der Waals surface area contributed by atoms with E-state index < -0.39 is 11.7 Å². The van der Waals surface area contributed by atoms with E-state index >= 15 is 0 Å². The van der Waals surface area contributed by atoms with Crippen LogP contribution in [0.2, 0.25) is 0 Å². The monoisotopic (exact) mass is 476 g/mol. The standard InChI is InChI=1S/C29H30F2N2O2/c1-2-32-29(34)25-14-24(20-11-12-20)27(15-26(25)31)35-18-19-16-33(17-19)28(21-7-4-3-5-8-21)22-9-6-10-23(30)13-22/h3-10,13-15,19-20,28H,2,11-12,16-18H2,1H3,(H,32,34). The first-order chi connectivity index (χ1) is 17.0. The minimum atomic E-state index is -0.555. The first kappa shape index (κ1) is 23.5. The molecule has 4 nitrogen and oxygen atoms in total. The Labute approximate surface area is 204 Å². The average molecular weight is 477 g/mol. The Morgan fingerprint density at radius 3 is 2.46 bits per heavy atom. The van der Waals surface area contributed by atoms with Crippen molar-refractivity contribution in [3.63, 3.8) is 0 Å². The molecular formula is C29H30F2N2O2. The number of hydrogen-bond acceptors (Lipinski definition) is 3. The van der Waals surface area contributed by atoms with Crippen molar-refractivity contribution in [1.82, 2.24) is 10.2 Å². The van der Waals surface area contributed by atoms with Crippen LogP contribution in [0.15, 0.2) is 66.7 Å². The zero-order valence-corrected chi connectivity index (χ0v) is 19.8. The number of nitrogens with zero attached hydrogens (tertiary/aromatic N) is 1. The molecule has 1 saturated carbocycles. The minimum absolute atomic E-state index is 0.0287. The maximum absolute atomic E-state index is 14.7. The van der Waals surface area contributed by atoms with Gasteiger partial charge in [-0.1, -0.05) is 42.5 Å². The maximum atomic E-state index is 14.7. The number of hydrogen-bond donors (Lipinski definition) is 1. The molecule has 1 heterocycles. The van der Waals surface area contributed by atoms with Crippen LogP contribution in [0.3, 0.4) is 0 Å². The van der Waals surface area contributed by atoms with E-state index in [1.807, 2.05) is 31.2 Å². The Kier molecular flexibility index (Phi) is 6.82. The molecule has 1 N–H and O–H groups in total. The number of likely N-dealkylation sites (tertiary alicyclic amines) is 1. The van der Waals surface area contributed by atoms with E-state index in [-0.39, 0.29) is 23.3 Å². The van der Waals surface area contributed by atoms with Crippen molar-refractivity contribution < 1.29 is 18.3 Å². The van der Waals surface area contributed by atoms with E-state index in [1.165, 1.54) is 12.1 Å². The number of amides is 1. The number of carbonyl (C=O) groups is 1. The lowest BCUT2D eigenvalue weighted by Crippen LogP contribution is -2.51. The van der Waals surface area contributed by atoms with Gasteiger partial charge in [-0.25, -0.2) is 8.78 Å². The van der Waals surface area contributed by atoms with E-state index in [2.05, 4.69) is 22.3 Å². The predicted molar refractivity (Wildman–Crippen MR) is 132 cm³/mol. The molecule has 1 aliphatic heterocycles. The molecule has 3 aromatic rings. The third-order valence-electron chi connectivity index (χ3n) is 6.80. The maximum Gasteiger partial charge on any atom is 0.254 e. The van der Waals surface area contributed by atoms with Crippen LogP contribution in [0, 0.1) is 17.6 Å². The molecule has 0 aromatic heterocycles. The quantitative estimate of drug-likeness (QED) is 0.431. The third kappa shape index (κ3) is 5.22. The summed E-state index contributed by atoms with van der Waals surface area (Å²) in [5.74, 6) is -0.0333. The van der Waals surface area contributed by atoms with Crippen LogP contribution >= 0.6 is 0 Å². The highest BCUT2D eigenvalue weighted by Crippen LogP contribution is 2.45. The highest BCUT2D eigenvalue weighted by molar-refractivity contribution is 5.95. The Bertz CT molecular complexity index is 1190.